The lowest BCUT2D eigenvalue weighted by atomic mass is 10.1. The Morgan fingerprint density at radius 3 is 2.59 bits per heavy atom. The van der Waals surface area contributed by atoms with Crippen molar-refractivity contribution in [3.05, 3.63) is 41.1 Å². The average Bonchev–Trinajstić information content (AvgIpc) is 2.94. The van der Waals surface area contributed by atoms with E-state index in [1.54, 1.807) is 7.11 Å². The average molecular weight is 346 g/mol. The van der Waals surface area contributed by atoms with Gasteiger partial charge in [-0.15, -0.1) is 12.4 Å². The van der Waals surface area contributed by atoms with Crippen LogP contribution in [0.25, 0.3) is 11.3 Å². The minimum Gasteiger partial charge on any atom is -0.495 e. The summed E-state index contributed by atoms with van der Waals surface area (Å²) >= 11 is 6.12. The van der Waals surface area contributed by atoms with Gasteiger partial charge in [0.2, 0.25) is 0 Å². The van der Waals surface area contributed by atoms with E-state index >= 15 is 0 Å². The molecule has 22 heavy (non-hydrogen) atoms. The molecule has 0 aliphatic rings. The molecule has 122 valence electrons. The summed E-state index contributed by atoms with van der Waals surface area (Å²) in [6.07, 6.45) is 0. The highest BCUT2D eigenvalue weighted by Crippen LogP contribution is 2.31. The molecule has 0 saturated heterocycles. The predicted octanol–water partition coefficient (Wildman–Crippen LogP) is 3.89. The number of benzene rings is 1. The molecule has 0 unspecified atom stereocenters. The van der Waals surface area contributed by atoms with Crippen molar-refractivity contribution >= 4 is 24.0 Å². The zero-order chi connectivity index (χ0) is 15.5. The van der Waals surface area contributed by atoms with Gasteiger partial charge in [0.15, 0.2) is 0 Å². The molecule has 0 amide bonds. The number of hydrogen-bond acceptors (Lipinski definition) is 4. The fourth-order valence-electron chi connectivity index (χ4n) is 1.83. The Morgan fingerprint density at radius 1 is 1.27 bits per heavy atom. The van der Waals surface area contributed by atoms with Gasteiger partial charge >= 0.3 is 0 Å². The normalized spacial score (nSPS) is 11.1. The van der Waals surface area contributed by atoms with Crippen molar-refractivity contribution in [2.45, 2.75) is 25.9 Å². The molecule has 0 fully saturated rings. The van der Waals surface area contributed by atoms with E-state index in [-0.39, 0.29) is 24.6 Å². The maximum atomic E-state index is 9.22. The lowest BCUT2D eigenvalue weighted by Crippen LogP contribution is -2.41. The van der Waals surface area contributed by atoms with Crippen LogP contribution in [0.15, 0.2) is 34.7 Å². The van der Waals surface area contributed by atoms with Crippen LogP contribution in [0.2, 0.25) is 5.02 Å². The highest BCUT2D eigenvalue weighted by molar-refractivity contribution is 6.32. The van der Waals surface area contributed by atoms with Crippen LogP contribution in [0.4, 0.5) is 0 Å². The van der Waals surface area contributed by atoms with Gasteiger partial charge in [-0.2, -0.15) is 0 Å². The summed E-state index contributed by atoms with van der Waals surface area (Å²) in [7, 11) is 1.58. The molecule has 1 heterocycles. The van der Waals surface area contributed by atoms with Gasteiger partial charge in [-0.3, -0.25) is 0 Å². The van der Waals surface area contributed by atoms with Crippen molar-refractivity contribution in [3.63, 3.8) is 0 Å². The number of methoxy groups -OCH3 is 1. The van der Waals surface area contributed by atoms with Gasteiger partial charge in [-0.1, -0.05) is 11.6 Å². The number of aliphatic hydroxyl groups excluding tert-OH is 1. The first-order valence-corrected chi connectivity index (χ1v) is 7.11. The molecule has 4 nitrogen and oxygen atoms in total. The Hall–Kier alpha value is -1.20. The molecule has 0 aliphatic heterocycles. The number of aliphatic hydroxyl groups is 1. The van der Waals surface area contributed by atoms with Gasteiger partial charge in [-0.25, -0.2) is 0 Å². The molecule has 0 aliphatic carbocycles. The van der Waals surface area contributed by atoms with Crippen molar-refractivity contribution in [3.8, 4) is 17.1 Å². The molecule has 0 bridgehead atoms. The van der Waals surface area contributed by atoms with E-state index < -0.39 is 0 Å². The lowest BCUT2D eigenvalue weighted by molar-refractivity contribution is 0.184. The van der Waals surface area contributed by atoms with Gasteiger partial charge < -0.3 is 19.6 Å². The molecule has 6 heteroatoms. The van der Waals surface area contributed by atoms with Crippen molar-refractivity contribution in [2.24, 2.45) is 0 Å². The summed E-state index contributed by atoms with van der Waals surface area (Å²) in [5.41, 5.74) is 0.560. The Balaban J connectivity index is 0.00000242. The van der Waals surface area contributed by atoms with Crippen LogP contribution in [0.1, 0.15) is 19.6 Å². The summed E-state index contributed by atoms with van der Waals surface area (Å²) in [5.74, 6) is 2.19. The van der Waals surface area contributed by atoms with Crippen LogP contribution in [-0.4, -0.2) is 24.4 Å². The molecule has 0 saturated carbocycles. The summed E-state index contributed by atoms with van der Waals surface area (Å²) < 4.78 is 10.9. The zero-order valence-electron chi connectivity index (χ0n) is 12.9. The molecule has 0 spiro atoms. The second-order valence-corrected chi connectivity index (χ2v) is 5.92. The van der Waals surface area contributed by atoms with Crippen molar-refractivity contribution < 1.29 is 14.3 Å². The molecule has 2 N–H and O–H groups in total. The molecule has 1 aromatic heterocycles. The van der Waals surface area contributed by atoms with E-state index in [0.29, 0.717) is 17.3 Å². The Bertz CT molecular complexity index is 611. The summed E-state index contributed by atoms with van der Waals surface area (Å²) in [5, 5.41) is 13.0. The third kappa shape index (κ3) is 4.65. The minimum atomic E-state index is -0.337. The topological polar surface area (TPSA) is 54.6 Å². The lowest BCUT2D eigenvalue weighted by Gasteiger charge is -2.22. The van der Waals surface area contributed by atoms with Crippen LogP contribution < -0.4 is 10.1 Å². The minimum absolute atomic E-state index is 0. The second-order valence-electron chi connectivity index (χ2n) is 5.51. The Kier molecular flexibility index (Phi) is 6.75. The summed E-state index contributed by atoms with van der Waals surface area (Å²) in [4.78, 5) is 0. The number of nitrogens with one attached hydrogen (secondary N) is 1. The van der Waals surface area contributed by atoms with E-state index in [1.807, 2.05) is 44.2 Å². The first-order chi connectivity index (χ1) is 9.95. The molecular weight excluding hydrogens is 325 g/mol. The fraction of sp³-hybridized carbons (Fsp3) is 0.375. The Labute approximate surface area is 141 Å². The van der Waals surface area contributed by atoms with E-state index in [1.165, 1.54) is 0 Å². The third-order valence-corrected chi connectivity index (χ3v) is 3.53. The largest absolute Gasteiger partial charge is 0.495 e. The number of halogens is 2. The first kappa shape index (κ1) is 18.8. The van der Waals surface area contributed by atoms with E-state index in [0.717, 1.165) is 17.1 Å². The van der Waals surface area contributed by atoms with Crippen LogP contribution in [0.5, 0.6) is 5.75 Å². The number of hydrogen-bond donors (Lipinski definition) is 2. The van der Waals surface area contributed by atoms with Crippen LogP contribution >= 0.6 is 24.0 Å². The Morgan fingerprint density at radius 2 is 2.00 bits per heavy atom. The first-order valence-electron chi connectivity index (χ1n) is 6.74. The molecule has 0 atom stereocenters. The molecular formula is C16H21Cl2NO3. The van der Waals surface area contributed by atoms with Gasteiger partial charge in [-0.05, 0) is 44.2 Å². The van der Waals surface area contributed by atoms with E-state index in [2.05, 4.69) is 5.32 Å². The summed E-state index contributed by atoms with van der Waals surface area (Å²) in [6, 6.07) is 9.34. The number of furan rings is 1. The van der Waals surface area contributed by atoms with Gasteiger partial charge in [0.1, 0.15) is 17.3 Å². The standard InChI is InChI=1S/C16H20ClNO3.ClH/c1-16(2,10-19)18-9-12-5-7-14(21-12)11-4-6-15(20-3)13(17)8-11;/h4-8,18-19H,9-10H2,1-3H3;1H. The van der Waals surface area contributed by atoms with Crippen LogP contribution in [0, 0.1) is 0 Å². The molecule has 2 aromatic rings. The van der Waals surface area contributed by atoms with Crippen molar-refractivity contribution in [2.75, 3.05) is 13.7 Å². The van der Waals surface area contributed by atoms with Crippen LogP contribution in [0.3, 0.4) is 0 Å². The SMILES string of the molecule is COc1ccc(-c2ccc(CNC(C)(C)CO)o2)cc1Cl.Cl. The maximum Gasteiger partial charge on any atom is 0.137 e. The zero-order valence-corrected chi connectivity index (χ0v) is 14.4. The second kappa shape index (κ2) is 7.88. The molecule has 2 rings (SSSR count). The molecule has 1 aromatic carbocycles. The number of ether oxygens (including phenoxy) is 1. The van der Waals surface area contributed by atoms with Crippen LogP contribution in [-0.2, 0) is 6.54 Å². The number of rotatable bonds is 6. The van der Waals surface area contributed by atoms with Crippen molar-refractivity contribution in [1.29, 1.82) is 0 Å². The smallest absolute Gasteiger partial charge is 0.137 e. The summed E-state index contributed by atoms with van der Waals surface area (Å²) in [6.45, 7) is 4.48. The highest BCUT2D eigenvalue weighted by atomic mass is 35.5. The van der Waals surface area contributed by atoms with Crippen molar-refractivity contribution in [1.82, 2.24) is 5.32 Å². The van der Waals surface area contributed by atoms with Gasteiger partial charge in [0, 0.05) is 11.1 Å². The van der Waals surface area contributed by atoms with Gasteiger partial charge in [0.05, 0.1) is 25.3 Å². The predicted molar refractivity (Wildman–Crippen MR) is 91.0 cm³/mol. The maximum absolute atomic E-state index is 9.22. The fourth-order valence-corrected chi connectivity index (χ4v) is 2.09. The van der Waals surface area contributed by atoms with E-state index in [9.17, 15) is 5.11 Å². The quantitative estimate of drug-likeness (QED) is 0.833. The van der Waals surface area contributed by atoms with E-state index in [4.69, 9.17) is 20.8 Å². The highest BCUT2D eigenvalue weighted by Gasteiger charge is 2.16. The van der Waals surface area contributed by atoms with Gasteiger partial charge in [0.25, 0.3) is 0 Å². The monoisotopic (exact) mass is 345 g/mol. The third-order valence-electron chi connectivity index (χ3n) is 3.23. The molecule has 0 radical (unpaired) electrons.